The fourth-order valence-corrected chi connectivity index (χ4v) is 2.43. The lowest BCUT2D eigenvalue weighted by atomic mass is 10.0. The predicted octanol–water partition coefficient (Wildman–Crippen LogP) is 2.15. The SMILES string of the molecule is Cc1cccc(C)c1CNC[C@@H]1CCCN1. The number of hydrogen-bond donors (Lipinski definition) is 2. The summed E-state index contributed by atoms with van der Waals surface area (Å²) in [5.41, 5.74) is 4.25. The van der Waals surface area contributed by atoms with Gasteiger partial charge in [0.2, 0.25) is 0 Å². The molecule has 0 amide bonds. The van der Waals surface area contributed by atoms with Crippen molar-refractivity contribution in [3.8, 4) is 0 Å². The Balaban J connectivity index is 1.84. The summed E-state index contributed by atoms with van der Waals surface area (Å²) in [5.74, 6) is 0. The standard InChI is InChI=1S/C14H22N2/c1-11-5-3-6-12(2)14(11)10-15-9-13-7-4-8-16-13/h3,5-6,13,15-16H,4,7-10H2,1-2H3/t13-/m0/s1. The van der Waals surface area contributed by atoms with E-state index in [1.807, 2.05) is 0 Å². The topological polar surface area (TPSA) is 24.1 Å². The zero-order valence-corrected chi connectivity index (χ0v) is 10.3. The van der Waals surface area contributed by atoms with Crippen molar-refractivity contribution >= 4 is 0 Å². The highest BCUT2D eigenvalue weighted by Crippen LogP contribution is 2.13. The van der Waals surface area contributed by atoms with Gasteiger partial charge >= 0.3 is 0 Å². The van der Waals surface area contributed by atoms with Gasteiger partial charge in [-0.25, -0.2) is 0 Å². The maximum atomic E-state index is 3.56. The van der Waals surface area contributed by atoms with Crippen LogP contribution in [0.1, 0.15) is 29.5 Å². The Morgan fingerprint density at radius 1 is 1.31 bits per heavy atom. The van der Waals surface area contributed by atoms with Gasteiger partial charge in [-0.1, -0.05) is 18.2 Å². The molecule has 2 rings (SSSR count). The summed E-state index contributed by atoms with van der Waals surface area (Å²) >= 11 is 0. The molecule has 1 saturated heterocycles. The van der Waals surface area contributed by atoms with Crippen molar-refractivity contribution in [1.82, 2.24) is 10.6 Å². The second kappa shape index (κ2) is 5.46. The first-order valence-corrected chi connectivity index (χ1v) is 6.26. The van der Waals surface area contributed by atoms with Crippen molar-refractivity contribution in [3.05, 3.63) is 34.9 Å². The zero-order valence-electron chi connectivity index (χ0n) is 10.3. The Kier molecular flexibility index (Phi) is 3.97. The van der Waals surface area contributed by atoms with Gasteiger partial charge in [0.25, 0.3) is 0 Å². The van der Waals surface area contributed by atoms with E-state index in [0.29, 0.717) is 6.04 Å². The Morgan fingerprint density at radius 2 is 2.06 bits per heavy atom. The molecule has 1 aliphatic heterocycles. The third kappa shape index (κ3) is 2.83. The molecule has 2 nitrogen and oxygen atoms in total. The molecule has 1 heterocycles. The second-order valence-electron chi connectivity index (χ2n) is 4.79. The van der Waals surface area contributed by atoms with E-state index in [2.05, 4.69) is 42.7 Å². The molecule has 2 N–H and O–H groups in total. The van der Waals surface area contributed by atoms with Gasteiger partial charge < -0.3 is 10.6 Å². The fourth-order valence-electron chi connectivity index (χ4n) is 2.43. The van der Waals surface area contributed by atoms with Crippen LogP contribution in [0.3, 0.4) is 0 Å². The molecular formula is C14H22N2. The number of benzene rings is 1. The Morgan fingerprint density at radius 3 is 2.69 bits per heavy atom. The molecule has 1 atom stereocenters. The van der Waals surface area contributed by atoms with Crippen LogP contribution < -0.4 is 10.6 Å². The normalized spacial score (nSPS) is 20.2. The van der Waals surface area contributed by atoms with Crippen LogP contribution in [0, 0.1) is 13.8 Å². The number of nitrogens with one attached hydrogen (secondary N) is 2. The lowest BCUT2D eigenvalue weighted by Gasteiger charge is -2.14. The van der Waals surface area contributed by atoms with Gasteiger partial charge in [-0.2, -0.15) is 0 Å². The van der Waals surface area contributed by atoms with Gasteiger partial charge in [0.15, 0.2) is 0 Å². The van der Waals surface area contributed by atoms with Gasteiger partial charge in [-0.05, 0) is 49.9 Å². The Labute approximate surface area is 98.4 Å². The molecule has 16 heavy (non-hydrogen) atoms. The van der Waals surface area contributed by atoms with Crippen LogP contribution in [0.4, 0.5) is 0 Å². The van der Waals surface area contributed by atoms with E-state index in [1.54, 1.807) is 0 Å². The highest BCUT2D eigenvalue weighted by atomic mass is 15.0. The number of hydrogen-bond acceptors (Lipinski definition) is 2. The number of aryl methyl sites for hydroxylation is 2. The minimum Gasteiger partial charge on any atom is -0.313 e. The van der Waals surface area contributed by atoms with E-state index in [-0.39, 0.29) is 0 Å². The molecule has 2 heteroatoms. The molecule has 0 aromatic heterocycles. The highest BCUT2D eigenvalue weighted by molar-refractivity contribution is 5.33. The van der Waals surface area contributed by atoms with Crippen molar-refractivity contribution in [3.63, 3.8) is 0 Å². The van der Waals surface area contributed by atoms with E-state index in [4.69, 9.17) is 0 Å². The van der Waals surface area contributed by atoms with E-state index in [1.165, 1.54) is 36.1 Å². The van der Waals surface area contributed by atoms with Crippen molar-refractivity contribution in [2.45, 2.75) is 39.3 Å². The minimum atomic E-state index is 0.685. The summed E-state index contributed by atoms with van der Waals surface area (Å²) in [5, 5.41) is 7.07. The molecule has 1 fully saturated rings. The highest BCUT2D eigenvalue weighted by Gasteiger charge is 2.13. The van der Waals surface area contributed by atoms with Crippen molar-refractivity contribution in [2.75, 3.05) is 13.1 Å². The summed E-state index contributed by atoms with van der Waals surface area (Å²) in [6.45, 7) is 7.66. The van der Waals surface area contributed by atoms with E-state index >= 15 is 0 Å². The molecule has 1 aliphatic rings. The first kappa shape index (κ1) is 11.6. The van der Waals surface area contributed by atoms with Crippen molar-refractivity contribution in [2.24, 2.45) is 0 Å². The van der Waals surface area contributed by atoms with Crippen LogP contribution in [-0.2, 0) is 6.54 Å². The second-order valence-corrected chi connectivity index (χ2v) is 4.79. The van der Waals surface area contributed by atoms with Crippen molar-refractivity contribution < 1.29 is 0 Å². The summed E-state index contributed by atoms with van der Waals surface area (Å²) in [4.78, 5) is 0. The summed E-state index contributed by atoms with van der Waals surface area (Å²) in [6, 6.07) is 7.20. The summed E-state index contributed by atoms with van der Waals surface area (Å²) in [6.07, 6.45) is 2.65. The van der Waals surface area contributed by atoms with Gasteiger partial charge in [-0.3, -0.25) is 0 Å². The smallest absolute Gasteiger partial charge is 0.0211 e. The maximum absolute atomic E-state index is 3.56. The largest absolute Gasteiger partial charge is 0.313 e. The summed E-state index contributed by atoms with van der Waals surface area (Å²) < 4.78 is 0. The molecule has 0 unspecified atom stereocenters. The molecule has 88 valence electrons. The molecule has 0 bridgehead atoms. The van der Waals surface area contributed by atoms with E-state index in [0.717, 1.165) is 13.1 Å². The number of rotatable bonds is 4. The molecule has 0 spiro atoms. The molecular weight excluding hydrogens is 196 g/mol. The molecule has 0 radical (unpaired) electrons. The van der Waals surface area contributed by atoms with Crippen LogP contribution in [-0.4, -0.2) is 19.1 Å². The van der Waals surface area contributed by atoms with Crippen LogP contribution in [0.2, 0.25) is 0 Å². The van der Waals surface area contributed by atoms with Crippen LogP contribution in [0.5, 0.6) is 0 Å². The first-order valence-electron chi connectivity index (χ1n) is 6.26. The molecule has 0 aliphatic carbocycles. The Bertz CT molecular complexity index is 320. The monoisotopic (exact) mass is 218 g/mol. The van der Waals surface area contributed by atoms with Crippen LogP contribution in [0.25, 0.3) is 0 Å². The van der Waals surface area contributed by atoms with Crippen molar-refractivity contribution in [1.29, 1.82) is 0 Å². The lowest BCUT2D eigenvalue weighted by molar-refractivity contribution is 0.534. The van der Waals surface area contributed by atoms with Gasteiger partial charge in [0.05, 0.1) is 0 Å². The zero-order chi connectivity index (χ0) is 11.4. The average molecular weight is 218 g/mol. The average Bonchev–Trinajstić information content (AvgIpc) is 2.75. The quantitative estimate of drug-likeness (QED) is 0.809. The maximum Gasteiger partial charge on any atom is 0.0211 e. The van der Waals surface area contributed by atoms with Gasteiger partial charge in [-0.15, -0.1) is 0 Å². The first-order chi connectivity index (χ1) is 7.77. The van der Waals surface area contributed by atoms with Crippen LogP contribution >= 0.6 is 0 Å². The molecule has 0 saturated carbocycles. The lowest BCUT2D eigenvalue weighted by Crippen LogP contribution is -2.33. The predicted molar refractivity (Wildman–Crippen MR) is 68.6 cm³/mol. The Hall–Kier alpha value is -0.860. The fraction of sp³-hybridized carbons (Fsp3) is 0.571. The van der Waals surface area contributed by atoms with E-state index < -0.39 is 0 Å². The van der Waals surface area contributed by atoms with Gasteiger partial charge in [0, 0.05) is 19.1 Å². The third-order valence-corrected chi connectivity index (χ3v) is 3.50. The summed E-state index contributed by atoms with van der Waals surface area (Å²) in [7, 11) is 0. The van der Waals surface area contributed by atoms with Gasteiger partial charge in [0.1, 0.15) is 0 Å². The minimum absolute atomic E-state index is 0.685. The molecule has 1 aromatic rings. The third-order valence-electron chi connectivity index (χ3n) is 3.50. The van der Waals surface area contributed by atoms with E-state index in [9.17, 15) is 0 Å². The van der Waals surface area contributed by atoms with Crippen LogP contribution in [0.15, 0.2) is 18.2 Å². The molecule has 1 aromatic carbocycles.